The van der Waals surface area contributed by atoms with Crippen LogP contribution in [0.1, 0.15) is 29.2 Å². The van der Waals surface area contributed by atoms with Crippen molar-refractivity contribution in [2.75, 3.05) is 39.2 Å². The van der Waals surface area contributed by atoms with Gasteiger partial charge in [-0.1, -0.05) is 29.3 Å². The average Bonchev–Trinajstić information content (AvgIpc) is 2.35. The normalized spacial score (nSPS) is 13.6. The molecule has 0 aromatic heterocycles. The highest BCUT2D eigenvalue weighted by molar-refractivity contribution is 7.90. The van der Waals surface area contributed by atoms with Crippen LogP contribution in [0.15, 0.2) is 18.2 Å². The summed E-state index contributed by atoms with van der Waals surface area (Å²) in [7, 11) is 1.06. The Hall–Kier alpha value is -0.910. The van der Waals surface area contributed by atoms with Crippen LogP contribution >= 0.6 is 0 Å². The minimum absolute atomic E-state index is 0.220. The monoisotopic (exact) mass is 312 g/mol. The zero-order valence-electron chi connectivity index (χ0n) is 13.8. The molecule has 0 spiro atoms. The predicted octanol–water partition coefficient (Wildman–Crippen LogP) is 1.93. The zero-order valence-corrected chi connectivity index (χ0v) is 14.6. The van der Waals surface area contributed by atoms with E-state index < -0.39 is 9.84 Å². The summed E-state index contributed by atoms with van der Waals surface area (Å²) in [5.74, 6) is 0.220. The highest BCUT2D eigenvalue weighted by Crippen LogP contribution is 2.19. The molecule has 0 bridgehead atoms. The third-order valence-electron chi connectivity index (χ3n) is 3.64. The summed E-state index contributed by atoms with van der Waals surface area (Å²) in [5, 5.41) is 3.36. The molecule has 0 aliphatic heterocycles. The van der Waals surface area contributed by atoms with Crippen LogP contribution in [0.4, 0.5) is 0 Å². The molecule has 4 nitrogen and oxygen atoms in total. The molecule has 0 saturated heterocycles. The fraction of sp³-hybridized carbons (Fsp3) is 0.625. The van der Waals surface area contributed by atoms with Gasteiger partial charge in [0.25, 0.3) is 0 Å². The van der Waals surface area contributed by atoms with Gasteiger partial charge in [0.15, 0.2) is 0 Å². The van der Waals surface area contributed by atoms with E-state index in [0.717, 1.165) is 13.0 Å². The van der Waals surface area contributed by atoms with Crippen LogP contribution in [-0.2, 0) is 9.84 Å². The predicted molar refractivity (Wildman–Crippen MR) is 89.5 cm³/mol. The second-order valence-electron chi connectivity index (χ2n) is 5.98. The lowest BCUT2D eigenvalue weighted by Gasteiger charge is -2.22. The van der Waals surface area contributed by atoms with Gasteiger partial charge in [-0.25, -0.2) is 8.42 Å². The van der Waals surface area contributed by atoms with Gasteiger partial charge in [0.2, 0.25) is 0 Å². The maximum Gasteiger partial charge on any atom is 0.148 e. The SMILES string of the molecule is CNC(CCN(C)CCS(C)(=O)=O)c1cc(C)cc(C)c1. The van der Waals surface area contributed by atoms with Crippen molar-refractivity contribution in [2.24, 2.45) is 0 Å². The van der Waals surface area contributed by atoms with Crippen LogP contribution < -0.4 is 5.32 Å². The number of sulfone groups is 1. The molecule has 0 aliphatic carbocycles. The van der Waals surface area contributed by atoms with E-state index in [1.165, 1.54) is 22.9 Å². The lowest BCUT2D eigenvalue weighted by atomic mass is 9.99. The summed E-state index contributed by atoms with van der Waals surface area (Å²) in [6, 6.07) is 6.90. The van der Waals surface area contributed by atoms with Crippen LogP contribution in [0, 0.1) is 13.8 Å². The first-order chi connectivity index (χ1) is 9.71. The molecule has 21 heavy (non-hydrogen) atoms. The van der Waals surface area contributed by atoms with Crippen molar-refractivity contribution >= 4 is 9.84 Å². The second-order valence-corrected chi connectivity index (χ2v) is 8.24. The van der Waals surface area contributed by atoms with E-state index in [1.807, 2.05) is 14.1 Å². The minimum atomic E-state index is -2.88. The Kier molecular flexibility index (Phi) is 6.84. The molecule has 1 rings (SSSR count). The fourth-order valence-electron chi connectivity index (χ4n) is 2.47. The largest absolute Gasteiger partial charge is 0.313 e. The van der Waals surface area contributed by atoms with Gasteiger partial charge in [-0.3, -0.25) is 0 Å². The van der Waals surface area contributed by atoms with E-state index in [2.05, 4.69) is 42.3 Å². The summed E-state index contributed by atoms with van der Waals surface area (Å²) >= 11 is 0. The first-order valence-corrected chi connectivity index (χ1v) is 9.39. The maximum absolute atomic E-state index is 11.2. The van der Waals surface area contributed by atoms with E-state index in [-0.39, 0.29) is 5.75 Å². The van der Waals surface area contributed by atoms with E-state index in [1.54, 1.807) is 0 Å². The molecule has 0 heterocycles. The minimum Gasteiger partial charge on any atom is -0.313 e. The third kappa shape index (κ3) is 7.07. The maximum atomic E-state index is 11.2. The summed E-state index contributed by atoms with van der Waals surface area (Å²) in [6.45, 7) is 5.68. The second kappa shape index (κ2) is 7.92. The number of nitrogens with one attached hydrogen (secondary N) is 1. The molecule has 1 atom stereocenters. The standard InChI is InChI=1S/C16H28N2O2S/c1-13-10-14(2)12-15(11-13)16(17-3)6-7-18(4)8-9-21(5,19)20/h10-12,16-17H,6-9H2,1-5H3. The molecule has 1 aromatic carbocycles. The fourth-order valence-corrected chi connectivity index (χ4v) is 3.12. The Morgan fingerprint density at radius 1 is 1.14 bits per heavy atom. The Balaban J connectivity index is 2.58. The van der Waals surface area contributed by atoms with Gasteiger partial charge in [0, 0.05) is 18.8 Å². The number of aryl methyl sites for hydroxylation is 2. The molecule has 0 amide bonds. The van der Waals surface area contributed by atoms with Gasteiger partial charge in [-0.2, -0.15) is 0 Å². The number of hydrogen-bond acceptors (Lipinski definition) is 4. The van der Waals surface area contributed by atoms with Crippen molar-refractivity contribution in [2.45, 2.75) is 26.3 Å². The van der Waals surface area contributed by atoms with Crippen LogP contribution in [0.5, 0.6) is 0 Å². The molecule has 5 heteroatoms. The number of rotatable bonds is 8. The molecule has 1 N–H and O–H groups in total. The topological polar surface area (TPSA) is 49.4 Å². The Morgan fingerprint density at radius 2 is 1.71 bits per heavy atom. The summed E-state index contributed by atoms with van der Waals surface area (Å²) in [5.41, 5.74) is 3.85. The van der Waals surface area contributed by atoms with E-state index in [0.29, 0.717) is 12.6 Å². The third-order valence-corrected chi connectivity index (χ3v) is 4.56. The van der Waals surface area contributed by atoms with Crippen LogP contribution in [0.3, 0.4) is 0 Å². The van der Waals surface area contributed by atoms with Crippen LogP contribution in [-0.4, -0.2) is 52.5 Å². The molecule has 0 aliphatic rings. The zero-order chi connectivity index (χ0) is 16.0. The molecule has 0 radical (unpaired) electrons. The Morgan fingerprint density at radius 3 is 2.19 bits per heavy atom. The molecule has 1 aromatic rings. The molecule has 120 valence electrons. The van der Waals surface area contributed by atoms with Gasteiger partial charge >= 0.3 is 0 Å². The number of benzene rings is 1. The van der Waals surface area contributed by atoms with Gasteiger partial charge in [-0.05, 0) is 46.5 Å². The van der Waals surface area contributed by atoms with Crippen molar-refractivity contribution < 1.29 is 8.42 Å². The first-order valence-electron chi connectivity index (χ1n) is 7.33. The van der Waals surface area contributed by atoms with Gasteiger partial charge in [-0.15, -0.1) is 0 Å². The van der Waals surface area contributed by atoms with Crippen LogP contribution in [0.25, 0.3) is 0 Å². The van der Waals surface area contributed by atoms with E-state index in [9.17, 15) is 8.42 Å². The van der Waals surface area contributed by atoms with E-state index in [4.69, 9.17) is 0 Å². The quantitative estimate of drug-likeness (QED) is 0.797. The molecule has 0 fully saturated rings. The Labute approximate surface area is 129 Å². The van der Waals surface area contributed by atoms with Crippen LogP contribution in [0.2, 0.25) is 0 Å². The van der Waals surface area contributed by atoms with Gasteiger partial charge < -0.3 is 10.2 Å². The molecular formula is C16H28N2O2S. The van der Waals surface area contributed by atoms with Gasteiger partial charge in [0.05, 0.1) is 5.75 Å². The summed E-state index contributed by atoms with van der Waals surface area (Å²) < 4.78 is 22.4. The molecular weight excluding hydrogens is 284 g/mol. The van der Waals surface area contributed by atoms with E-state index >= 15 is 0 Å². The lowest BCUT2D eigenvalue weighted by Crippen LogP contribution is -2.29. The highest BCUT2D eigenvalue weighted by atomic mass is 32.2. The van der Waals surface area contributed by atoms with Crippen molar-refractivity contribution in [3.05, 3.63) is 34.9 Å². The van der Waals surface area contributed by atoms with Gasteiger partial charge in [0.1, 0.15) is 9.84 Å². The molecule has 1 unspecified atom stereocenters. The number of nitrogens with zero attached hydrogens (tertiary/aromatic N) is 1. The van der Waals surface area contributed by atoms with Crippen molar-refractivity contribution in [1.29, 1.82) is 0 Å². The average molecular weight is 312 g/mol. The summed E-state index contributed by atoms with van der Waals surface area (Å²) in [4.78, 5) is 2.08. The molecule has 0 saturated carbocycles. The highest BCUT2D eigenvalue weighted by Gasteiger charge is 2.12. The first kappa shape index (κ1) is 18.1. The number of hydrogen-bond donors (Lipinski definition) is 1. The Bertz CT molecular complexity index is 535. The lowest BCUT2D eigenvalue weighted by molar-refractivity contribution is 0.326. The summed E-state index contributed by atoms with van der Waals surface area (Å²) in [6.07, 6.45) is 2.24. The smallest absolute Gasteiger partial charge is 0.148 e. The van der Waals surface area contributed by atoms with Crippen molar-refractivity contribution in [3.63, 3.8) is 0 Å². The van der Waals surface area contributed by atoms with Crippen molar-refractivity contribution in [3.8, 4) is 0 Å². The van der Waals surface area contributed by atoms with Crippen molar-refractivity contribution in [1.82, 2.24) is 10.2 Å².